The van der Waals surface area contributed by atoms with Crippen molar-refractivity contribution >= 4 is 5.97 Å². The quantitative estimate of drug-likeness (QED) is 0.867. The molecule has 104 valence electrons. The van der Waals surface area contributed by atoms with Crippen molar-refractivity contribution in [3.63, 3.8) is 0 Å². The van der Waals surface area contributed by atoms with E-state index in [1.54, 1.807) is 6.07 Å². The van der Waals surface area contributed by atoms with Gasteiger partial charge in [0, 0.05) is 18.2 Å². The van der Waals surface area contributed by atoms with Crippen LogP contribution in [0.5, 0.6) is 0 Å². The smallest absolute Gasteiger partial charge is 0.374 e. The molecule has 1 heterocycles. The number of nitrogens with one attached hydrogen (secondary N) is 1. The van der Waals surface area contributed by atoms with Gasteiger partial charge in [-0.25, -0.2) is 4.79 Å². The third-order valence-corrected chi connectivity index (χ3v) is 3.75. The molecule has 1 aliphatic rings. The summed E-state index contributed by atoms with van der Waals surface area (Å²) in [5.41, 5.74) is 3.66. The van der Waals surface area contributed by atoms with Gasteiger partial charge in [0.2, 0.25) is 5.76 Å². The molecular weight excluding hydrogens is 254 g/mol. The van der Waals surface area contributed by atoms with Crippen molar-refractivity contribution < 1.29 is 13.9 Å². The van der Waals surface area contributed by atoms with Gasteiger partial charge in [-0.3, -0.25) is 0 Å². The number of hydrogen-bond donors (Lipinski definition) is 1. The molecule has 1 aromatic carbocycles. The zero-order valence-corrected chi connectivity index (χ0v) is 11.4. The van der Waals surface area contributed by atoms with Crippen molar-refractivity contribution in [2.45, 2.75) is 25.4 Å². The summed E-state index contributed by atoms with van der Waals surface area (Å²) in [6.07, 6.45) is 3.58. The van der Waals surface area contributed by atoms with Crippen LogP contribution in [0.1, 0.15) is 27.2 Å². The number of benzene rings is 1. The first kappa shape index (κ1) is 12.9. The van der Waals surface area contributed by atoms with Crippen molar-refractivity contribution in [2.24, 2.45) is 0 Å². The van der Waals surface area contributed by atoms with Crippen LogP contribution in [0, 0.1) is 0 Å². The highest BCUT2D eigenvalue weighted by atomic mass is 16.5. The fourth-order valence-corrected chi connectivity index (χ4v) is 2.70. The Morgan fingerprint density at radius 1 is 1.30 bits per heavy atom. The van der Waals surface area contributed by atoms with E-state index in [9.17, 15) is 4.79 Å². The largest absolute Gasteiger partial charge is 0.463 e. The molecule has 1 N–H and O–H groups in total. The van der Waals surface area contributed by atoms with E-state index in [1.165, 1.54) is 24.5 Å². The van der Waals surface area contributed by atoms with E-state index in [1.807, 2.05) is 0 Å². The molecule has 0 bridgehead atoms. The van der Waals surface area contributed by atoms with E-state index in [0.717, 1.165) is 18.4 Å². The molecule has 1 aliphatic carbocycles. The van der Waals surface area contributed by atoms with Gasteiger partial charge < -0.3 is 14.5 Å². The summed E-state index contributed by atoms with van der Waals surface area (Å²) in [6, 6.07) is 10.7. The van der Waals surface area contributed by atoms with Crippen LogP contribution in [0.3, 0.4) is 0 Å². The second-order valence-electron chi connectivity index (χ2n) is 5.02. The van der Waals surface area contributed by atoms with E-state index in [-0.39, 0.29) is 5.76 Å². The average Bonchev–Trinajstić information content (AvgIpc) is 3.10. The van der Waals surface area contributed by atoms with Crippen molar-refractivity contribution in [3.05, 3.63) is 59.0 Å². The van der Waals surface area contributed by atoms with Gasteiger partial charge in [0.15, 0.2) is 0 Å². The Hall–Kier alpha value is -2.07. The third-order valence-electron chi connectivity index (χ3n) is 3.75. The second kappa shape index (κ2) is 5.51. The lowest BCUT2D eigenvalue weighted by Gasteiger charge is -2.11. The number of furan rings is 1. The van der Waals surface area contributed by atoms with Crippen LogP contribution in [0.4, 0.5) is 0 Å². The van der Waals surface area contributed by atoms with Crippen molar-refractivity contribution in [1.82, 2.24) is 5.32 Å². The van der Waals surface area contributed by atoms with Gasteiger partial charge in [-0.1, -0.05) is 24.3 Å². The molecule has 0 fully saturated rings. The molecule has 0 radical (unpaired) electrons. The number of ether oxygens (including phenoxy) is 1. The summed E-state index contributed by atoms with van der Waals surface area (Å²) in [5, 5.41) is 3.48. The van der Waals surface area contributed by atoms with E-state index in [2.05, 4.69) is 29.6 Å². The molecule has 0 unspecified atom stereocenters. The maximum absolute atomic E-state index is 11.5. The highest BCUT2D eigenvalue weighted by Gasteiger charge is 2.22. The predicted octanol–water partition coefficient (Wildman–Crippen LogP) is 2.32. The zero-order valence-electron chi connectivity index (χ0n) is 11.4. The van der Waals surface area contributed by atoms with Gasteiger partial charge in [0.25, 0.3) is 0 Å². The minimum Gasteiger partial charge on any atom is -0.463 e. The summed E-state index contributed by atoms with van der Waals surface area (Å²) >= 11 is 0. The topological polar surface area (TPSA) is 51.5 Å². The molecule has 4 heteroatoms. The van der Waals surface area contributed by atoms with Gasteiger partial charge in [-0.2, -0.15) is 0 Å². The van der Waals surface area contributed by atoms with E-state index in [4.69, 9.17) is 9.15 Å². The molecule has 4 nitrogen and oxygen atoms in total. The van der Waals surface area contributed by atoms with Gasteiger partial charge in [0.1, 0.15) is 0 Å². The molecule has 0 saturated carbocycles. The Labute approximate surface area is 117 Å². The number of methoxy groups -OCH3 is 1. The molecule has 0 atom stereocenters. The van der Waals surface area contributed by atoms with Crippen molar-refractivity contribution in [3.8, 4) is 0 Å². The maximum atomic E-state index is 11.5. The zero-order chi connectivity index (χ0) is 13.9. The van der Waals surface area contributed by atoms with Crippen LogP contribution < -0.4 is 5.32 Å². The standard InChI is InChI=1S/C16H17NO3/c1-19-16(18)15-13(6-7-20-15)10-17-14-8-11-4-2-3-5-12(11)9-14/h2-7,14,17H,8-10H2,1H3. The first-order chi connectivity index (χ1) is 9.78. The van der Waals surface area contributed by atoms with Crippen molar-refractivity contribution in [1.29, 1.82) is 0 Å². The molecule has 0 spiro atoms. The second-order valence-corrected chi connectivity index (χ2v) is 5.02. The summed E-state index contributed by atoms with van der Waals surface area (Å²) in [4.78, 5) is 11.5. The normalized spacial score (nSPS) is 14.2. The number of carbonyl (C=O) groups excluding carboxylic acids is 1. The highest BCUT2D eigenvalue weighted by Crippen LogP contribution is 2.22. The summed E-state index contributed by atoms with van der Waals surface area (Å²) in [6.45, 7) is 0.611. The van der Waals surface area contributed by atoms with E-state index >= 15 is 0 Å². The molecular formula is C16H17NO3. The predicted molar refractivity (Wildman–Crippen MR) is 74.5 cm³/mol. The monoisotopic (exact) mass is 271 g/mol. The fraction of sp³-hybridized carbons (Fsp3) is 0.312. The van der Waals surface area contributed by atoms with Crippen LogP contribution in [-0.2, 0) is 24.1 Å². The Balaban J connectivity index is 1.62. The number of fused-ring (bicyclic) bond motifs is 1. The Morgan fingerprint density at radius 2 is 2.00 bits per heavy atom. The number of esters is 1. The lowest BCUT2D eigenvalue weighted by Crippen LogP contribution is -2.29. The Bertz CT molecular complexity index is 593. The van der Waals surface area contributed by atoms with Crippen LogP contribution in [0.2, 0.25) is 0 Å². The van der Waals surface area contributed by atoms with Crippen LogP contribution in [0.15, 0.2) is 41.0 Å². The number of hydrogen-bond acceptors (Lipinski definition) is 4. The summed E-state index contributed by atoms with van der Waals surface area (Å²) in [7, 11) is 1.36. The van der Waals surface area contributed by atoms with Crippen LogP contribution in [-0.4, -0.2) is 19.1 Å². The summed E-state index contributed by atoms with van der Waals surface area (Å²) < 4.78 is 9.88. The molecule has 0 saturated heterocycles. The van der Waals surface area contributed by atoms with E-state index < -0.39 is 5.97 Å². The lowest BCUT2D eigenvalue weighted by molar-refractivity contribution is 0.0563. The molecule has 1 aromatic heterocycles. The fourth-order valence-electron chi connectivity index (χ4n) is 2.70. The summed E-state index contributed by atoms with van der Waals surface area (Å²) in [5.74, 6) is -0.142. The molecule has 0 amide bonds. The maximum Gasteiger partial charge on any atom is 0.374 e. The lowest BCUT2D eigenvalue weighted by atomic mass is 10.1. The van der Waals surface area contributed by atoms with Crippen LogP contribution >= 0.6 is 0 Å². The Morgan fingerprint density at radius 3 is 2.65 bits per heavy atom. The highest BCUT2D eigenvalue weighted by molar-refractivity contribution is 5.87. The molecule has 0 aliphatic heterocycles. The first-order valence-corrected chi connectivity index (χ1v) is 6.73. The number of carbonyl (C=O) groups is 1. The van der Waals surface area contributed by atoms with E-state index in [0.29, 0.717) is 12.6 Å². The van der Waals surface area contributed by atoms with Crippen LogP contribution in [0.25, 0.3) is 0 Å². The van der Waals surface area contributed by atoms with Gasteiger partial charge in [-0.15, -0.1) is 0 Å². The number of rotatable bonds is 4. The Kier molecular flexibility index (Phi) is 3.56. The molecule has 3 rings (SSSR count). The van der Waals surface area contributed by atoms with Crippen molar-refractivity contribution in [2.75, 3.05) is 7.11 Å². The molecule has 20 heavy (non-hydrogen) atoms. The molecule has 2 aromatic rings. The van der Waals surface area contributed by atoms with Gasteiger partial charge in [0.05, 0.1) is 13.4 Å². The van der Waals surface area contributed by atoms with Gasteiger partial charge >= 0.3 is 5.97 Å². The average molecular weight is 271 g/mol. The van der Waals surface area contributed by atoms with Gasteiger partial charge in [-0.05, 0) is 30.0 Å². The third kappa shape index (κ3) is 2.47. The SMILES string of the molecule is COC(=O)c1occc1CNC1Cc2ccccc2C1. The first-order valence-electron chi connectivity index (χ1n) is 6.73. The minimum absolute atomic E-state index is 0.288. The minimum atomic E-state index is -0.429.